The minimum absolute atomic E-state index is 0.154. The molecular weight excluding hydrogens is 334 g/mol. The summed E-state index contributed by atoms with van der Waals surface area (Å²) < 4.78 is 7.35. The molecule has 1 fully saturated rings. The van der Waals surface area contributed by atoms with Crippen LogP contribution in [0.3, 0.4) is 0 Å². The lowest BCUT2D eigenvalue weighted by molar-refractivity contribution is -0.0757. The zero-order valence-corrected chi connectivity index (χ0v) is 13.9. The van der Waals surface area contributed by atoms with Gasteiger partial charge in [0.25, 0.3) is 0 Å². The standard InChI is InChI=1S/C15H18ClN5O3/c1-4-5-15(16)11(23)10(8(3)22)24-13(15)21-6-18-9-7(2)19-14(17)20-12(9)21/h6,8,10-11,13,22-23H,2H2,1,3H3,(H3,17,19,20)/t8-,10?,11?,13-,15-/m1/s1. The Balaban J connectivity index is 2.12. The lowest BCUT2D eigenvalue weighted by Crippen LogP contribution is -2.43. The maximum atomic E-state index is 10.5. The summed E-state index contributed by atoms with van der Waals surface area (Å²) in [4.78, 5) is 6.99. The normalized spacial score (nSPS) is 33.1. The van der Waals surface area contributed by atoms with Gasteiger partial charge in [-0.3, -0.25) is 4.57 Å². The molecule has 1 aromatic rings. The van der Waals surface area contributed by atoms with Gasteiger partial charge in [-0.1, -0.05) is 24.1 Å². The Hall–Kier alpha value is -2.05. The number of nitrogens with zero attached hydrogens (tertiary/aromatic N) is 3. The van der Waals surface area contributed by atoms with E-state index in [2.05, 4.69) is 33.7 Å². The molecule has 5 atom stereocenters. The third-order valence-corrected chi connectivity index (χ3v) is 4.50. The monoisotopic (exact) mass is 351 g/mol. The first-order valence-electron chi connectivity index (χ1n) is 7.31. The Bertz CT molecular complexity index is 778. The molecule has 0 aliphatic carbocycles. The SMILES string of the molecule is C=C1NC(N)=Nc2c1ncn2[C@@H]1OC([C@@H](C)O)C(O)[C@]1(Cl)C#CC. The summed E-state index contributed by atoms with van der Waals surface area (Å²) in [5, 5.41) is 23.2. The number of halogens is 1. The van der Waals surface area contributed by atoms with Gasteiger partial charge in [0.05, 0.1) is 18.1 Å². The first kappa shape index (κ1) is 16.8. The first-order valence-corrected chi connectivity index (χ1v) is 7.69. The molecule has 128 valence electrons. The van der Waals surface area contributed by atoms with Gasteiger partial charge in [0.2, 0.25) is 0 Å². The number of aliphatic hydroxyl groups excluding tert-OH is 2. The summed E-state index contributed by atoms with van der Waals surface area (Å²) in [7, 11) is 0. The molecule has 3 heterocycles. The second-order valence-corrected chi connectivity index (χ2v) is 6.33. The van der Waals surface area contributed by atoms with Crippen LogP contribution in [0.25, 0.3) is 5.70 Å². The molecule has 9 heteroatoms. The van der Waals surface area contributed by atoms with Crippen LogP contribution in [-0.4, -0.2) is 48.9 Å². The number of nitrogens with one attached hydrogen (secondary N) is 1. The Morgan fingerprint density at radius 2 is 2.33 bits per heavy atom. The van der Waals surface area contributed by atoms with Crippen molar-refractivity contribution in [2.75, 3.05) is 0 Å². The number of alkyl halides is 1. The number of rotatable bonds is 2. The van der Waals surface area contributed by atoms with Crippen molar-refractivity contribution in [3.8, 4) is 11.8 Å². The number of aromatic nitrogens is 2. The van der Waals surface area contributed by atoms with E-state index in [1.54, 1.807) is 6.92 Å². The largest absolute Gasteiger partial charge is 0.391 e. The smallest absolute Gasteiger partial charge is 0.199 e. The Kier molecular flexibility index (Phi) is 4.05. The molecule has 0 bridgehead atoms. The highest BCUT2D eigenvalue weighted by molar-refractivity contribution is 6.27. The van der Waals surface area contributed by atoms with Crippen LogP contribution in [0.1, 0.15) is 25.8 Å². The maximum Gasteiger partial charge on any atom is 0.199 e. The third kappa shape index (κ3) is 2.37. The number of imidazole rings is 1. The zero-order chi connectivity index (χ0) is 17.6. The van der Waals surface area contributed by atoms with E-state index in [4.69, 9.17) is 22.1 Å². The summed E-state index contributed by atoms with van der Waals surface area (Å²) in [6, 6.07) is 0. The Morgan fingerprint density at radius 1 is 1.62 bits per heavy atom. The van der Waals surface area contributed by atoms with Gasteiger partial charge in [0.1, 0.15) is 17.9 Å². The van der Waals surface area contributed by atoms with Crippen molar-refractivity contribution in [3.05, 3.63) is 18.6 Å². The molecule has 0 aromatic carbocycles. The summed E-state index contributed by atoms with van der Waals surface area (Å²) in [6.45, 7) is 6.96. The molecule has 0 spiro atoms. The van der Waals surface area contributed by atoms with Crippen LogP contribution >= 0.6 is 11.6 Å². The summed E-state index contributed by atoms with van der Waals surface area (Å²) in [6.07, 6.45) is -2.50. The highest BCUT2D eigenvalue weighted by Gasteiger charge is 2.57. The number of nitrogens with two attached hydrogens (primary N) is 1. The van der Waals surface area contributed by atoms with E-state index in [0.29, 0.717) is 17.2 Å². The van der Waals surface area contributed by atoms with E-state index in [1.165, 1.54) is 17.8 Å². The highest BCUT2D eigenvalue weighted by Crippen LogP contribution is 2.46. The third-order valence-electron chi connectivity index (χ3n) is 3.99. The quantitative estimate of drug-likeness (QED) is 0.441. The number of ether oxygens (including phenoxy) is 1. The average Bonchev–Trinajstić information content (AvgIpc) is 3.00. The van der Waals surface area contributed by atoms with Crippen molar-refractivity contribution in [3.63, 3.8) is 0 Å². The molecule has 0 radical (unpaired) electrons. The molecule has 1 saturated heterocycles. The minimum atomic E-state index is -1.47. The number of hydrogen-bond donors (Lipinski definition) is 4. The van der Waals surface area contributed by atoms with Crippen LogP contribution in [0.5, 0.6) is 0 Å². The molecule has 0 saturated carbocycles. The second-order valence-electron chi connectivity index (χ2n) is 5.71. The van der Waals surface area contributed by atoms with Crippen molar-refractivity contribution < 1.29 is 14.9 Å². The van der Waals surface area contributed by atoms with E-state index in [9.17, 15) is 10.2 Å². The fourth-order valence-corrected chi connectivity index (χ4v) is 3.26. The van der Waals surface area contributed by atoms with Crippen molar-refractivity contribution >= 4 is 29.1 Å². The van der Waals surface area contributed by atoms with E-state index in [1.807, 2.05) is 0 Å². The van der Waals surface area contributed by atoms with E-state index in [0.717, 1.165) is 0 Å². The van der Waals surface area contributed by atoms with Crippen molar-refractivity contribution in [1.29, 1.82) is 0 Å². The summed E-state index contributed by atoms with van der Waals surface area (Å²) >= 11 is 6.61. The van der Waals surface area contributed by atoms with Gasteiger partial charge in [-0.2, -0.15) is 4.99 Å². The van der Waals surface area contributed by atoms with Gasteiger partial charge in [-0.15, -0.1) is 5.92 Å². The minimum Gasteiger partial charge on any atom is -0.391 e. The molecule has 2 aliphatic rings. The molecule has 1 aromatic heterocycles. The molecule has 0 amide bonds. The lowest BCUT2D eigenvalue weighted by atomic mass is 9.96. The van der Waals surface area contributed by atoms with Crippen LogP contribution < -0.4 is 11.1 Å². The van der Waals surface area contributed by atoms with Gasteiger partial charge in [-0.05, 0) is 13.8 Å². The van der Waals surface area contributed by atoms with Crippen molar-refractivity contribution in [2.45, 2.75) is 43.3 Å². The van der Waals surface area contributed by atoms with E-state index in [-0.39, 0.29) is 5.96 Å². The predicted molar refractivity (Wildman–Crippen MR) is 89.3 cm³/mol. The number of guanidine groups is 1. The van der Waals surface area contributed by atoms with Crippen LogP contribution in [0, 0.1) is 11.8 Å². The van der Waals surface area contributed by atoms with Gasteiger partial charge in [-0.25, -0.2) is 4.98 Å². The molecule has 5 N–H and O–H groups in total. The van der Waals surface area contributed by atoms with Gasteiger partial charge < -0.3 is 26.0 Å². The maximum absolute atomic E-state index is 10.5. The van der Waals surface area contributed by atoms with E-state index >= 15 is 0 Å². The Morgan fingerprint density at radius 3 is 2.96 bits per heavy atom. The van der Waals surface area contributed by atoms with Crippen LogP contribution in [0.2, 0.25) is 0 Å². The summed E-state index contributed by atoms with van der Waals surface area (Å²) in [5.41, 5.74) is 6.72. The van der Waals surface area contributed by atoms with Crippen molar-refractivity contribution in [2.24, 2.45) is 10.7 Å². The molecule has 3 rings (SSSR count). The average molecular weight is 352 g/mol. The number of aliphatic hydroxyl groups is 2. The number of hydrogen-bond acceptors (Lipinski definition) is 7. The van der Waals surface area contributed by atoms with Gasteiger partial charge in [0.15, 0.2) is 22.9 Å². The first-order chi connectivity index (χ1) is 11.3. The Labute approximate surface area is 144 Å². The van der Waals surface area contributed by atoms with Gasteiger partial charge >= 0.3 is 0 Å². The van der Waals surface area contributed by atoms with Crippen LogP contribution in [0.4, 0.5) is 5.82 Å². The molecular formula is C15H18ClN5O3. The topological polar surface area (TPSA) is 118 Å². The van der Waals surface area contributed by atoms with E-state index < -0.39 is 29.4 Å². The van der Waals surface area contributed by atoms with Gasteiger partial charge in [0, 0.05) is 0 Å². The molecule has 24 heavy (non-hydrogen) atoms. The summed E-state index contributed by atoms with van der Waals surface area (Å²) in [5.74, 6) is 6.03. The highest BCUT2D eigenvalue weighted by atomic mass is 35.5. The van der Waals surface area contributed by atoms with Crippen LogP contribution in [-0.2, 0) is 4.74 Å². The zero-order valence-electron chi connectivity index (χ0n) is 13.2. The fraction of sp³-hybridized carbons (Fsp3) is 0.467. The second kappa shape index (κ2) is 5.79. The lowest BCUT2D eigenvalue weighted by Gasteiger charge is -2.26. The number of fused-ring (bicyclic) bond motifs is 1. The molecule has 8 nitrogen and oxygen atoms in total. The van der Waals surface area contributed by atoms with Crippen molar-refractivity contribution in [1.82, 2.24) is 14.9 Å². The number of aliphatic imine (C=N–C) groups is 1. The molecule has 2 unspecified atom stereocenters. The van der Waals surface area contributed by atoms with Crippen LogP contribution in [0.15, 0.2) is 17.9 Å². The predicted octanol–water partition coefficient (Wildman–Crippen LogP) is 0.0432. The molecule has 2 aliphatic heterocycles. The fourth-order valence-electron chi connectivity index (χ4n) is 2.89.